The van der Waals surface area contributed by atoms with Gasteiger partial charge >= 0.3 is 0 Å². The number of carbonyl (C=O) groups excluding carboxylic acids is 1. The van der Waals surface area contributed by atoms with Crippen LogP contribution in [0.5, 0.6) is 0 Å². The molecule has 6 aromatic rings. The number of amides is 1. The first-order chi connectivity index (χ1) is 19.2. The van der Waals surface area contributed by atoms with Crippen LogP contribution in [0.2, 0.25) is 0 Å². The van der Waals surface area contributed by atoms with Crippen LogP contribution in [0.3, 0.4) is 0 Å². The van der Waals surface area contributed by atoms with Gasteiger partial charge in [0.05, 0.1) is 0 Å². The largest absolute Gasteiger partial charge is 0.436 e. The summed E-state index contributed by atoms with van der Waals surface area (Å²) in [6, 6.07) is 31.4. The summed E-state index contributed by atoms with van der Waals surface area (Å²) in [7, 11) is 0. The summed E-state index contributed by atoms with van der Waals surface area (Å²) in [5.74, 6) is 1.19. The van der Waals surface area contributed by atoms with E-state index < -0.39 is 0 Å². The maximum absolute atomic E-state index is 13.3. The number of nitrogens with zero attached hydrogens (tertiary/aromatic N) is 4. The average Bonchev–Trinajstić information content (AvgIpc) is 3.62. The number of hydrogen-bond donors (Lipinski definition) is 0. The van der Waals surface area contributed by atoms with E-state index in [4.69, 9.17) is 8.83 Å². The lowest BCUT2D eigenvalue weighted by atomic mass is 10.1. The second kappa shape index (κ2) is 9.85. The number of rotatable bonds is 5. The number of carbonyl (C=O) groups is 1. The summed E-state index contributed by atoms with van der Waals surface area (Å²) < 4.78 is 11.9. The lowest BCUT2D eigenvalue weighted by molar-refractivity contribution is 0.0628. The van der Waals surface area contributed by atoms with Gasteiger partial charge in [-0.1, -0.05) is 42.5 Å². The second-order valence-corrected chi connectivity index (χ2v) is 9.82. The smallest absolute Gasteiger partial charge is 0.253 e. The molecule has 0 bridgehead atoms. The Kier molecular flexibility index (Phi) is 5.90. The first-order valence-electron chi connectivity index (χ1n) is 13.1. The third-order valence-electron chi connectivity index (χ3n) is 7.18. The number of para-hydroxylation sites is 4. The van der Waals surface area contributed by atoms with Crippen LogP contribution >= 0.6 is 0 Å². The number of aromatic nitrogens is 2. The van der Waals surface area contributed by atoms with Gasteiger partial charge in [0.2, 0.25) is 11.8 Å². The van der Waals surface area contributed by atoms with Crippen LogP contribution in [0.4, 0.5) is 0 Å². The van der Waals surface area contributed by atoms with E-state index in [1.807, 2.05) is 89.8 Å². The van der Waals surface area contributed by atoms with E-state index in [9.17, 15) is 4.79 Å². The maximum Gasteiger partial charge on any atom is 0.253 e. The second-order valence-electron chi connectivity index (χ2n) is 9.82. The molecule has 0 radical (unpaired) electrons. The molecule has 1 amide bonds. The van der Waals surface area contributed by atoms with Crippen LogP contribution in [-0.4, -0.2) is 51.9 Å². The van der Waals surface area contributed by atoms with Crippen LogP contribution in [0.1, 0.15) is 15.9 Å². The molecule has 0 atom stereocenters. The van der Waals surface area contributed by atoms with Crippen LogP contribution in [0.15, 0.2) is 106 Å². The molecule has 1 fully saturated rings. The molecule has 0 saturated carbocycles. The molecule has 1 aliphatic rings. The van der Waals surface area contributed by atoms with Crippen LogP contribution in [0, 0.1) is 0 Å². The van der Waals surface area contributed by atoms with Crippen molar-refractivity contribution in [1.29, 1.82) is 0 Å². The zero-order valence-corrected chi connectivity index (χ0v) is 21.3. The molecular formula is C32H26N4O3. The van der Waals surface area contributed by atoms with E-state index in [-0.39, 0.29) is 5.91 Å². The van der Waals surface area contributed by atoms with Crippen molar-refractivity contribution in [3.8, 4) is 22.9 Å². The third kappa shape index (κ3) is 4.69. The number of oxazole rings is 2. The molecule has 39 heavy (non-hydrogen) atoms. The molecule has 0 aliphatic carbocycles. The van der Waals surface area contributed by atoms with Gasteiger partial charge in [-0.3, -0.25) is 9.69 Å². The van der Waals surface area contributed by atoms with Crippen molar-refractivity contribution in [2.24, 2.45) is 0 Å². The molecule has 0 N–H and O–H groups in total. The Morgan fingerprint density at radius 2 is 1.26 bits per heavy atom. The molecular weight excluding hydrogens is 488 g/mol. The highest BCUT2D eigenvalue weighted by molar-refractivity contribution is 5.95. The summed E-state index contributed by atoms with van der Waals surface area (Å²) in [5, 5.41) is 0. The molecule has 7 heteroatoms. The van der Waals surface area contributed by atoms with Gasteiger partial charge in [0.1, 0.15) is 11.0 Å². The molecule has 7 nitrogen and oxygen atoms in total. The molecule has 192 valence electrons. The van der Waals surface area contributed by atoms with Crippen LogP contribution < -0.4 is 0 Å². The number of benzene rings is 4. The predicted octanol–water partition coefficient (Wildman–Crippen LogP) is 6.26. The molecule has 0 spiro atoms. The molecule has 2 aromatic heterocycles. The zero-order chi connectivity index (χ0) is 26.2. The molecule has 1 saturated heterocycles. The highest BCUT2D eigenvalue weighted by atomic mass is 16.4. The first-order valence-corrected chi connectivity index (χ1v) is 13.1. The fourth-order valence-corrected chi connectivity index (χ4v) is 5.13. The standard InChI is InChI=1S/C32H26N4O3/c37-32(25-10-6-9-24(20-25)31-34-27-12-2-4-14-29(27)39-31)36-17-15-35(16-18-36)21-22-7-5-8-23(19-22)30-33-26-11-1-3-13-28(26)38-30/h1-14,19-20H,15-18,21H2. The SMILES string of the molecule is O=C(c1cccc(-c2nc3ccccc3o2)c1)N1CCN(Cc2cccc(-c3nc4ccccc4o3)c2)CC1. The van der Waals surface area contributed by atoms with E-state index in [0.717, 1.165) is 53.0 Å². The van der Waals surface area contributed by atoms with Gasteiger partial charge in [-0.2, -0.15) is 0 Å². The first kappa shape index (κ1) is 23.4. The summed E-state index contributed by atoms with van der Waals surface area (Å²) in [5.41, 5.74) is 6.80. The highest BCUT2D eigenvalue weighted by Crippen LogP contribution is 2.27. The Morgan fingerprint density at radius 3 is 1.90 bits per heavy atom. The number of piperazine rings is 1. The number of hydrogen-bond acceptors (Lipinski definition) is 6. The Bertz CT molecular complexity index is 1730. The van der Waals surface area contributed by atoms with Crippen LogP contribution in [0.25, 0.3) is 45.1 Å². The van der Waals surface area contributed by atoms with Gasteiger partial charge in [0.15, 0.2) is 11.2 Å². The van der Waals surface area contributed by atoms with Crippen molar-refractivity contribution < 1.29 is 13.6 Å². The van der Waals surface area contributed by atoms with Crippen LogP contribution in [-0.2, 0) is 6.54 Å². The van der Waals surface area contributed by atoms with Crippen molar-refractivity contribution in [1.82, 2.24) is 19.8 Å². The predicted molar refractivity (Wildman–Crippen MR) is 150 cm³/mol. The van der Waals surface area contributed by atoms with Gasteiger partial charge < -0.3 is 13.7 Å². The summed E-state index contributed by atoms with van der Waals surface area (Å²) in [6.07, 6.45) is 0. The van der Waals surface area contributed by atoms with Gasteiger partial charge in [-0.25, -0.2) is 9.97 Å². The van der Waals surface area contributed by atoms with E-state index in [2.05, 4.69) is 27.0 Å². The van der Waals surface area contributed by atoms with Gasteiger partial charge in [-0.15, -0.1) is 0 Å². The summed E-state index contributed by atoms with van der Waals surface area (Å²) in [6.45, 7) is 3.78. The fraction of sp³-hybridized carbons (Fsp3) is 0.156. The monoisotopic (exact) mass is 514 g/mol. The molecule has 3 heterocycles. The molecule has 0 unspecified atom stereocenters. The van der Waals surface area contributed by atoms with E-state index in [1.54, 1.807) is 0 Å². The van der Waals surface area contributed by atoms with Crippen molar-refractivity contribution in [2.45, 2.75) is 6.54 Å². The van der Waals surface area contributed by atoms with Gasteiger partial charge in [0, 0.05) is 49.4 Å². The normalized spacial score (nSPS) is 14.3. The average molecular weight is 515 g/mol. The van der Waals surface area contributed by atoms with Crippen molar-refractivity contribution in [2.75, 3.05) is 26.2 Å². The Balaban J connectivity index is 1.01. The van der Waals surface area contributed by atoms with Crippen molar-refractivity contribution >= 4 is 28.1 Å². The zero-order valence-electron chi connectivity index (χ0n) is 21.3. The highest BCUT2D eigenvalue weighted by Gasteiger charge is 2.23. The Labute approximate surface area is 225 Å². The van der Waals surface area contributed by atoms with Crippen molar-refractivity contribution in [3.05, 3.63) is 108 Å². The Morgan fingerprint density at radius 1 is 0.667 bits per heavy atom. The summed E-state index contributed by atoms with van der Waals surface area (Å²) in [4.78, 5) is 26.8. The quantitative estimate of drug-likeness (QED) is 0.270. The topological polar surface area (TPSA) is 75.6 Å². The molecule has 4 aromatic carbocycles. The fourth-order valence-electron chi connectivity index (χ4n) is 5.13. The molecule has 7 rings (SSSR count). The van der Waals surface area contributed by atoms with Gasteiger partial charge in [0.25, 0.3) is 5.91 Å². The number of fused-ring (bicyclic) bond motifs is 2. The minimum absolute atomic E-state index is 0.0329. The summed E-state index contributed by atoms with van der Waals surface area (Å²) >= 11 is 0. The lowest BCUT2D eigenvalue weighted by Crippen LogP contribution is -2.48. The van der Waals surface area contributed by atoms with Gasteiger partial charge in [-0.05, 0) is 60.2 Å². The van der Waals surface area contributed by atoms with E-state index >= 15 is 0 Å². The Hall–Kier alpha value is -4.75. The minimum Gasteiger partial charge on any atom is -0.436 e. The maximum atomic E-state index is 13.3. The van der Waals surface area contributed by atoms with E-state index in [1.165, 1.54) is 5.56 Å². The van der Waals surface area contributed by atoms with E-state index in [0.29, 0.717) is 30.4 Å². The third-order valence-corrected chi connectivity index (χ3v) is 7.18. The molecule has 1 aliphatic heterocycles. The minimum atomic E-state index is 0.0329. The lowest BCUT2D eigenvalue weighted by Gasteiger charge is -2.35. The van der Waals surface area contributed by atoms with Crippen molar-refractivity contribution in [3.63, 3.8) is 0 Å².